The van der Waals surface area contributed by atoms with Gasteiger partial charge in [0.15, 0.2) is 0 Å². The summed E-state index contributed by atoms with van der Waals surface area (Å²) in [7, 11) is -3.69. The highest BCUT2D eigenvalue weighted by Gasteiger charge is 2.45. The molecule has 0 N–H and O–H groups in total. The van der Waals surface area contributed by atoms with Crippen molar-refractivity contribution in [2.24, 2.45) is 11.8 Å². The summed E-state index contributed by atoms with van der Waals surface area (Å²) in [6.07, 6.45) is 8.78. The van der Waals surface area contributed by atoms with Gasteiger partial charge in [0.05, 0.1) is 23.5 Å². The molecule has 0 aromatic heterocycles. The van der Waals surface area contributed by atoms with Crippen molar-refractivity contribution in [2.75, 3.05) is 6.61 Å². The minimum atomic E-state index is -3.69. The zero-order valence-electron chi connectivity index (χ0n) is 14.2. The molecule has 1 aromatic rings. The lowest BCUT2D eigenvalue weighted by atomic mass is 9.82. The average Bonchev–Trinajstić information content (AvgIpc) is 3.05. The third-order valence-electron chi connectivity index (χ3n) is 4.57. The predicted molar refractivity (Wildman–Crippen MR) is 94.9 cm³/mol. The maximum absolute atomic E-state index is 13.0. The smallest absolute Gasteiger partial charge is 0.313 e. The first-order valence-electron chi connectivity index (χ1n) is 8.28. The lowest BCUT2D eigenvalue weighted by Gasteiger charge is -2.37. The van der Waals surface area contributed by atoms with Gasteiger partial charge in [-0.05, 0) is 31.6 Å². The first kappa shape index (κ1) is 17.5. The summed E-state index contributed by atoms with van der Waals surface area (Å²) in [6.45, 7) is 3.95. The molecule has 0 unspecified atom stereocenters. The molecule has 5 nitrogen and oxygen atoms in total. The number of sulfonamides is 1. The third-order valence-corrected chi connectivity index (χ3v) is 6.36. The second kappa shape index (κ2) is 6.88. The van der Waals surface area contributed by atoms with E-state index in [1.807, 2.05) is 25.2 Å². The largest absolute Gasteiger partial charge is 0.466 e. The molecule has 1 aliphatic carbocycles. The number of ether oxygens (including phenoxy) is 1. The van der Waals surface area contributed by atoms with Gasteiger partial charge in [-0.2, -0.15) is 0 Å². The van der Waals surface area contributed by atoms with Crippen LogP contribution >= 0.6 is 0 Å². The fourth-order valence-electron chi connectivity index (χ4n) is 3.40. The van der Waals surface area contributed by atoms with Crippen molar-refractivity contribution in [3.63, 3.8) is 0 Å². The monoisotopic (exact) mass is 359 g/mol. The Morgan fingerprint density at radius 3 is 2.60 bits per heavy atom. The Balaban J connectivity index is 2.02. The van der Waals surface area contributed by atoms with Crippen LogP contribution in [0.4, 0.5) is 0 Å². The SMILES string of the molecule is C/C=C1/C=C[C@@H]2[C@H]1[C@H](C(=O)OCC)C=CN2S(=O)(=O)c1ccccc1. The normalized spacial score (nSPS) is 26.7. The molecular formula is C19H21NO4S. The number of hydrogen-bond acceptors (Lipinski definition) is 4. The van der Waals surface area contributed by atoms with Crippen LogP contribution in [0.1, 0.15) is 13.8 Å². The first-order valence-corrected chi connectivity index (χ1v) is 9.72. The van der Waals surface area contributed by atoms with Crippen molar-refractivity contribution in [2.45, 2.75) is 24.8 Å². The van der Waals surface area contributed by atoms with E-state index in [1.165, 1.54) is 10.5 Å². The van der Waals surface area contributed by atoms with Crippen LogP contribution in [-0.2, 0) is 19.6 Å². The molecule has 6 heteroatoms. The number of nitrogens with zero attached hydrogens (tertiary/aromatic N) is 1. The maximum Gasteiger partial charge on any atom is 0.313 e. The van der Waals surface area contributed by atoms with Gasteiger partial charge in [-0.3, -0.25) is 9.10 Å². The molecule has 2 aliphatic rings. The van der Waals surface area contributed by atoms with E-state index >= 15 is 0 Å². The Morgan fingerprint density at radius 2 is 1.96 bits per heavy atom. The van der Waals surface area contributed by atoms with Crippen LogP contribution in [-0.4, -0.2) is 31.3 Å². The molecule has 0 amide bonds. The molecule has 0 radical (unpaired) electrons. The Kier molecular flexibility index (Phi) is 4.81. The second-order valence-electron chi connectivity index (χ2n) is 5.93. The highest BCUT2D eigenvalue weighted by molar-refractivity contribution is 7.89. The lowest BCUT2D eigenvalue weighted by molar-refractivity contribution is -0.148. The van der Waals surface area contributed by atoms with E-state index in [1.54, 1.807) is 43.3 Å². The number of benzene rings is 1. The summed E-state index contributed by atoms with van der Waals surface area (Å²) >= 11 is 0. The van der Waals surface area contributed by atoms with E-state index < -0.39 is 22.0 Å². The molecule has 0 bridgehead atoms. The molecule has 25 heavy (non-hydrogen) atoms. The number of fused-ring (bicyclic) bond motifs is 1. The molecule has 3 rings (SSSR count). The van der Waals surface area contributed by atoms with Crippen LogP contribution in [0, 0.1) is 11.8 Å². The number of carbonyl (C=O) groups is 1. The second-order valence-corrected chi connectivity index (χ2v) is 7.77. The highest BCUT2D eigenvalue weighted by atomic mass is 32.2. The fraction of sp³-hybridized carbons (Fsp3) is 0.316. The summed E-state index contributed by atoms with van der Waals surface area (Å²) in [5.41, 5.74) is 0.945. The lowest BCUT2D eigenvalue weighted by Crippen LogP contribution is -2.45. The number of allylic oxidation sites excluding steroid dienone is 2. The van der Waals surface area contributed by atoms with Gasteiger partial charge in [0.1, 0.15) is 0 Å². The Morgan fingerprint density at radius 1 is 1.24 bits per heavy atom. The maximum atomic E-state index is 13.0. The van der Waals surface area contributed by atoms with E-state index in [9.17, 15) is 13.2 Å². The molecule has 0 fully saturated rings. The minimum absolute atomic E-state index is 0.232. The quantitative estimate of drug-likeness (QED) is 0.776. The van der Waals surface area contributed by atoms with E-state index in [0.29, 0.717) is 6.61 Å². The molecule has 0 spiro atoms. The Bertz CT molecular complexity index is 839. The zero-order chi connectivity index (χ0) is 18.0. The average molecular weight is 359 g/mol. The standard InChI is InChI=1S/C19H21NO4S/c1-3-14-10-11-17-18(14)16(19(21)24-4-2)12-13-20(17)25(22,23)15-8-6-5-7-9-15/h3,5-13,16-18H,4H2,1-2H3/b14-3-/t16-,17-,18-/m1/s1. The van der Waals surface area contributed by atoms with Crippen molar-refractivity contribution in [3.05, 3.63) is 66.4 Å². The minimum Gasteiger partial charge on any atom is -0.466 e. The van der Waals surface area contributed by atoms with Crippen molar-refractivity contribution in [1.29, 1.82) is 0 Å². The molecule has 1 heterocycles. The van der Waals surface area contributed by atoms with Gasteiger partial charge in [-0.15, -0.1) is 0 Å². The van der Waals surface area contributed by atoms with Crippen LogP contribution in [0.15, 0.2) is 71.3 Å². The number of hydrogen-bond donors (Lipinski definition) is 0. The molecule has 1 aliphatic heterocycles. The number of carbonyl (C=O) groups excluding carboxylic acids is 1. The van der Waals surface area contributed by atoms with E-state index in [4.69, 9.17) is 4.74 Å². The summed E-state index contributed by atoms with van der Waals surface area (Å²) in [6, 6.07) is 7.88. The third kappa shape index (κ3) is 3.02. The molecule has 1 aromatic carbocycles. The Hall–Kier alpha value is -2.34. The highest BCUT2D eigenvalue weighted by Crippen LogP contribution is 2.41. The van der Waals surface area contributed by atoms with Crippen LogP contribution in [0.2, 0.25) is 0 Å². The van der Waals surface area contributed by atoms with E-state index in [2.05, 4.69) is 0 Å². The first-order chi connectivity index (χ1) is 12.0. The van der Waals surface area contributed by atoms with Crippen molar-refractivity contribution >= 4 is 16.0 Å². The summed E-state index contributed by atoms with van der Waals surface area (Å²) < 4.78 is 32.6. The number of rotatable bonds is 4. The van der Waals surface area contributed by atoms with Crippen molar-refractivity contribution in [3.8, 4) is 0 Å². The van der Waals surface area contributed by atoms with Crippen molar-refractivity contribution in [1.82, 2.24) is 4.31 Å². The molecule has 0 saturated heterocycles. The van der Waals surface area contributed by atoms with Gasteiger partial charge in [0.25, 0.3) is 10.0 Å². The van der Waals surface area contributed by atoms with Crippen LogP contribution in [0.25, 0.3) is 0 Å². The molecule has 132 valence electrons. The number of esters is 1. The molecular weight excluding hydrogens is 338 g/mol. The topological polar surface area (TPSA) is 63.7 Å². The molecule has 0 saturated carbocycles. The van der Waals surface area contributed by atoms with Crippen LogP contribution in [0.5, 0.6) is 0 Å². The van der Waals surface area contributed by atoms with Gasteiger partial charge < -0.3 is 4.74 Å². The van der Waals surface area contributed by atoms with Gasteiger partial charge in [-0.25, -0.2) is 8.42 Å². The fourth-order valence-corrected chi connectivity index (χ4v) is 4.90. The van der Waals surface area contributed by atoms with Gasteiger partial charge in [0, 0.05) is 12.1 Å². The Labute approximate surface area is 148 Å². The van der Waals surface area contributed by atoms with E-state index in [-0.39, 0.29) is 16.8 Å². The summed E-state index contributed by atoms with van der Waals surface area (Å²) in [5, 5.41) is 0. The summed E-state index contributed by atoms with van der Waals surface area (Å²) in [4.78, 5) is 12.6. The van der Waals surface area contributed by atoms with Crippen LogP contribution in [0.3, 0.4) is 0 Å². The van der Waals surface area contributed by atoms with Gasteiger partial charge in [-0.1, -0.05) is 42.5 Å². The molecule has 3 atom stereocenters. The zero-order valence-corrected chi connectivity index (χ0v) is 15.0. The van der Waals surface area contributed by atoms with Crippen molar-refractivity contribution < 1.29 is 17.9 Å². The van der Waals surface area contributed by atoms with Gasteiger partial charge >= 0.3 is 5.97 Å². The van der Waals surface area contributed by atoms with Gasteiger partial charge in [0.2, 0.25) is 0 Å². The predicted octanol–water partition coefficient (Wildman–Crippen LogP) is 2.88. The summed E-state index contributed by atoms with van der Waals surface area (Å²) in [5.74, 6) is -1.09. The van der Waals surface area contributed by atoms with Crippen LogP contribution < -0.4 is 0 Å². The van der Waals surface area contributed by atoms with E-state index in [0.717, 1.165) is 5.57 Å².